The Balaban J connectivity index is 2.35. The number of aliphatic hydroxyl groups excluding tert-OH is 1. The number of amides is 1. The maximum Gasteiger partial charge on any atom is 0.219 e. The number of carbonyl (C=O) groups excluding carboxylic acids is 1. The highest BCUT2D eigenvalue weighted by molar-refractivity contribution is 5.73. The summed E-state index contributed by atoms with van der Waals surface area (Å²) in [6.07, 6.45) is 1.02. The molecule has 76 valence electrons. The van der Waals surface area contributed by atoms with E-state index in [0.717, 1.165) is 19.5 Å². The molecule has 1 atom stereocenters. The maximum atomic E-state index is 11.0. The van der Waals surface area contributed by atoms with Crippen LogP contribution in [0.25, 0.3) is 0 Å². The van der Waals surface area contributed by atoms with Crippen molar-refractivity contribution in [3.8, 4) is 0 Å². The smallest absolute Gasteiger partial charge is 0.219 e. The van der Waals surface area contributed by atoms with Crippen molar-refractivity contribution in [2.24, 2.45) is 0 Å². The van der Waals surface area contributed by atoms with Gasteiger partial charge in [0.1, 0.15) is 0 Å². The van der Waals surface area contributed by atoms with E-state index in [4.69, 9.17) is 5.11 Å². The average Bonchev–Trinajstić information content (AvgIpc) is 2.52. The SMILES string of the molecule is CC(=O)N1CCC(N(C)CCO)C1. The summed E-state index contributed by atoms with van der Waals surface area (Å²) >= 11 is 0. The first-order valence-corrected chi connectivity index (χ1v) is 4.71. The number of likely N-dealkylation sites (tertiary alicyclic amines) is 1. The molecule has 0 radical (unpaired) electrons. The minimum atomic E-state index is 0.153. The molecule has 1 aliphatic heterocycles. The normalized spacial score (nSPS) is 22.8. The molecular formula is C9H18N2O2. The van der Waals surface area contributed by atoms with Crippen LogP contribution in [0.1, 0.15) is 13.3 Å². The quantitative estimate of drug-likeness (QED) is 0.648. The lowest BCUT2D eigenvalue weighted by molar-refractivity contribution is -0.127. The molecule has 0 aromatic carbocycles. The molecule has 1 aliphatic rings. The van der Waals surface area contributed by atoms with Crippen molar-refractivity contribution in [1.82, 2.24) is 9.80 Å². The van der Waals surface area contributed by atoms with Gasteiger partial charge in [0, 0.05) is 32.6 Å². The van der Waals surface area contributed by atoms with E-state index in [-0.39, 0.29) is 12.5 Å². The van der Waals surface area contributed by atoms with Gasteiger partial charge in [-0.3, -0.25) is 9.69 Å². The number of hydrogen-bond donors (Lipinski definition) is 1. The van der Waals surface area contributed by atoms with E-state index in [1.807, 2.05) is 11.9 Å². The van der Waals surface area contributed by atoms with Crippen LogP contribution in [0.2, 0.25) is 0 Å². The molecule has 0 aliphatic carbocycles. The summed E-state index contributed by atoms with van der Waals surface area (Å²) in [6.45, 7) is 4.15. The number of nitrogens with zero attached hydrogens (tertiary/aromatic N) is 2. The van der Waals surface area contributed by atoms with Gasteiger partial charge in [-0.15, -0.1) is 0 Å². The second kappa shape index (κ2) is 4.58. The molecule has 0 bridgehead atoms. The Kier molecular flexibility index (Phi) is 3.69. The molecular weight excluding hydrogens is 168 g/mol. The van der Waals surface area contributed by atoms with Crippen LogP contribution < -0.4 is 0 Å². The van der Waals surface area contributed by atoms with E-state index in [1.54, 1.807) is 6.92 Å². The van der Waals surface area contributed by atoms with E-state index in [1.165, 1.54) is 0 Å². The molecule has 0 spiro atoms. The highest BCUT2D eigenvalue weighted by Crippen LogP contribution is 2.13. The van der Waals surface area contributed by atoms with Gasteiger partial charge in [-0.25, -0.2) is 0 Å². The fraction of sp³-hybridized carbons (Fsp3) is 0.889. The van der Waals surface area contributed by atoms with Crippen molar-refractivity contribution in [1.29, 1.82) is 0 Å². The summed E-state index contributed by atoms with van der Waals surface area (Å²) in [5.41, 5.74) is 0. The number of carbonyl (C=O) groups is 1. The molecule has 0 saturated carbocycles. The maximum absolute atomic E-state index is 11.0. The highest BCUT2D eigenvalue weighted by Gasteiger charge is 2.26. The Labute approximate surface area is 79.1 Å². The molecule has 1 rings (SSSR count). The molecule has 4 nitrogen and oxygen atoms in total. The van der Waals surface area contributed by atoms with Gasteiger partial charge in [0.15, 0.2) is 0 Å². The van der Waals surface area contributed by atoms with Crippen LogP contribution in [0, 0.1) is 0 Å². The predicted octanol–water partition coefficient (Wildman–Crippen LogP) is -0.469. The first-order chi connectivity index (χ1) is 6.15. The zero-order valence-electron chi connectivity index (χ0n) is 8.36. The number of aliphatic hydroxyl groups is 1. The van der Waals surface area contributed by atoms with Crippen LogP contribution in [0.3, 0.4) is 0 Å². The summed E-state index contributed by atoms with van der Waals surface area (Å²) in [4.78, 5) is 15.0. The van der Waals surface area contributed by atoms with Gasteiger partial charge in [-0.2, -0.15) is 0 Å². The van der Waals surface area contributed by atoms with Crippen LogP contribution >= 0.6 is 0 Å². The molecule has 1 heterocycles. The van der Waals surface area contributed by atoms with Gasteiger partial charge in [-0.05, 0) is 13.5 Å². The fourth-order valence-corrected chi connectivity index (χ4v) is 1.73. The monoisotopic (exact) mass is 186 g/mol. The van der Waals surface area contributed by atoms with Crippen molar-refractivity contribution < 1.29 is 9.90 Å². The van der Waals surface area contributed by atoms with E-state index in [2.05, 4.69) is 4.90 Å². The van der Waals surface area contributed by atoms with Crippen molar-refractivity contribution in [3.63, 3.8) is 0 Å². The standard InChI is InChI=1S/C9H18N2O2/c1-8(13)11-4-3-9(7-11)10(2)5-6-12/h9,12H,3-7H2,1-2H3. The second-order valence-corrected chi connectivity index (χ2v) is 3.61. The van der Waals surface area contributed by atoms with Crippen molar-refractivity contribution in [2.75, 3.05) is 33.3 Å². The van der Waals surface area contributed by atoms with Crippen molar-refractivity contribution >= 4 is 5.91 Å². The minimum Gasteiger partial charge on any atom is -0.395 e. The third-order valence-corrected chi connectivity index (χ3v) is 2.68. The van der Waals surface area contributed by atoms with Gasteiger partial charge in [-0.1, -0.05) is 0 Å². The summed E-state index contributed by atoms with van der Waals surface area (Å²) in [5, 5.41) is 8.75. The molecule has 0 aromatic heterocycles. The van der Waals surface area contributed by atoms with Gasteiger partial charge < -0.3 is 10.0 Å². The molecule has 1 N–H and O–H groups in total. The molecule has 1 saturated heterocycles. The third-order valence-electron chi connectivity index (χ3n) is 2.68. The number of hydrogen-bond acceptors (Lipinski definition) is 3. The molecule has 4 heteroatoms. The van der Waals surface area contributed by atoms with E-state index in [0.29, 0.717) is 12.6 Å². The summed E-state index contributed by atoms with van der Waals surface area (Å²) in [7, 11) is 1.99. The van der Waals surface area contributed by atoms with Crippen LogP contribution in [-0.4, -0.2) is 60.1 Å². The summed E-state index contributed by atoms with van der Waals surface area (Å²) in [6, 6.07) is 0.427. The number of likely N-dealkylation sites (N-methyl/N-ethyl adjacent to an activating group) is 1. The molecule has 1 fully saturated rings. The molecule has 1 unspecified atom stereocenters. The van der Waals surface area contributed by atoms with Gasteiger partial charge in [0.05, 0.1) is 6.61 Å². The minimum absolute atomic E-state index is 0.153. The lowest BCUT2D eigenvalue weighted by Gasteiger charge is -2.23. The predicted molar refractivity (Wildman–Crippen MR) is 50.4 cm³/mol. The first-order valence-electron chi connectivity index (χ1n) is 4.71. The van der Waals surface area contributed by atoms with E-state index >= 15 is 0 Å². The average molecular weight is 186 g/mol. The molecule has 0 aromatic rings. The molecule has 13 heavy (non-hydrogen) atoms. The Morgan fingerprint density at radius 3 is 2.85 bits per heavy atom. The number of rotatable bonds is 3. The van der Waals surface area contributed by atoms with E-state index in [9.17, 15) is 4.79 Å². The zero-order chi connectivity index (χ0) is 9.84. The Morgan fingerprint density at radius 2 is 2.38 bits per heavy atom. The second-order valence-electron chi connectivity index (χ2n) is 3.61. The summed E-state index contributed by atoms with van der Waals surface area (Å²) in [5.74, 6) is 0.153. The first kappa shape index (κ1) is 10.5. The van der Waals surface area contributed by atoms with Gasteiger partial charge in [0.25, 0.3) is 0 Å². The third kappa shape index (κ3) is 2.67. The molecule has 1 amide bonds. The van der Waals surface area contributed by atoms with Crippen molar-refractivity contribution in [3.05, 3.63) is 0 Å². The Morgan fingerprint density at radius 1 is 1.69 bits per heavy atom. The van der Waals surface area contributed by atoms with Crippen LogP contribution in [0.15, 0.2) is 0 Å². The van der Waals surface area contributed by atoms with E-state index < -0.39 is 0 Å². The lowest BCUT2D eigenvalue weighted by Crippen LogP contribution is -2.37. The fourth-order valence-electron chi connectivity index (χ4n) is 1.73. The summed E-state index contributed by atoms with van der Waals surface area (Å²) < 4.78 is 0. The van der Waals surface area contributed by atoms with Gasteiger partial charge in [0.2, 0.25) is 5.91 Å². The van der Waals surface area contributed by atoms with Gasteiger partial charge >= 0.3 is 0 Å². The largest absolute Gasteiger partial charge is 0.395 e. The Hall–Kier alpha value is -0.610. The van der Waals surface area contributed by atoms with Crippen LogP contribution in [0.5, 0.6) is 0 Å². The Bertz CT molecular complexity index is 184. The highest BCUT2D eigenvalue weighted by atomic mass is 16.3. The van der Waals surface area contributed by atoms with Crippen molar-refractivity contribution in [2.45, 2.75) is 19.4 Å². The topological polar surface area (TPSA) is 43.8 Å². The van der Waals surface area contributed by atoms with Crippen LogP contribution in [0.4, 0.5) is 0 Å². The van der Waals surface area contributed by atoms with Crippen LogP contribution in [-0.2, 0) is 4.79 Å². The lowest BCUT2D eigenvalue weighted by atomic mass is 10.2. The zero-order valence-corrected chi connectivity index (χ0v) is 8.36.